The van der Waals surface area contributed by atoms with Crippen molar-refractivity contribution in [2.24, 2.45) is 0 Å². The standard InChI is InChI=1S/C9H11N3O6/c13-4-5(8(16)17)10-7(15)3-12-2-1-6(14)11-9(12)18/h1-2,5,13H,3-4H2,(H,10,15)(H,16,17)(H,11,14,18)/t5-/m0/s1. The monoisotopic (exact) mass is 257 g/mol. The zero-order valence-electron chi connectivity index (χ0n) is 9.12. The second kappa shape index (κ2) is 5.77. The Balaban J connectivity index is 2.73. The van der Waals surface area contributed by atoms with Crippen LogP contribution in [0.15, 0.2) is 21.9 Å². The first kappa shape index (κ1) is 13.6. The largest absolute Gasteiger partial charge is 0.480 e. The van der Waals surface area contributed by atoms with Crippen LogP contribution in [-0.4, -0.2) is 44.3 Å². The molecule has 1 aromatic heterocycles. The van der Waals surface area contributed by atoms with Crippen molar-refractivity contribution in [1.29, 1.82) is 0 Å². The van der Waals surface area contributed by atoms with Gasteiger partial charge in [-0.1, -0.05) is 0 Å². The van der Waals surface area contributed by atoms with Gasteiger partial charge in [-0.25, -0.2) is 9.59 Å². The first-order chi connectivity index (χ1) is 8.43. The highest BCUT2D eigenvalue weighted by atomic mass is 16.4. The molecule has 0 radical (unpaired) electrons. The van der Waals surface area contributed by atoms with Gasteiger partial charge in [-0.2, -0.15) is 0 Å². The van der Waals surface area contributed by atoms with Crippen LogP contribution in [0.25, 0.3) is 0 Å². The molecule has 1 aromatic rings. The van der Waals surface area contributed by atoms with Crippen LogP contribution in [0, 0.1) is 0 Å². The fraction of sp³-hybridized carbons (Fsp3) is 0.333. The molecule has 18 heavy (non-hydrogen) atoms. The number of aliphatic hydroxyl groups excluding tert-OH is 1. The van der Waals surface area contributed by atoms with Gasteiger partial charge in [-0.15, -0.1) is 0 Å². The lowest BCUT2D eigenvalue weighted by molar-refractivity contribution is -0.143. The number of carboxylic acids is 1. The number of nitrogens with one attached hydrogen (secondary N) is 2. The third kappa shape index (κ3) is 3.56. The van der Waals surface area contributed by atoms with Crippen LogP contribution in [0.5, 0.6) is 0 Å². The molecule has 0 aliphatic heterocycles. The summed E-state index contributed by atoms with van der Waals surface area (Å²) in [5.74, 6) is -2.16. The summed E-state index contributed by atoms with van der Waals surface area (Å²) in [6.07, 6.45) is 1.11. The van der Waals surface area contributed by atoms with E-state index in [9.17, 15) is 19.2 Å². The van der Waals surface area contributed by atoms with Crippen molar-refractivity contribution in [2.45, 2.75) is 12.6 Å². The molecular weight excluding hydrogens is 246 g/mol. The van der Waals surface area contributed by atoms with E-state index < -0.39 is 42.3 Å². The first-order valence-corrected chi connectivity index (χ1v) is 4.87. The van der Waals surface area contributed by atoms with Crippen LogP contribution in [0.2, 0.25) is 0 Å². The topological polar surface area (TPSA) is 141 Å². The highest BCUT2D eigenvalue weighted by Gasteiger charge is 2.18. The highest BCUT2D eigenvalue weighted by Crippen LogP contribution is 1.85. The number of carboxylic acid groups (broad SMARTS) is 1. The van der Waals surface area contributed by atoms with Crippen LogP contribution < -0.4 is 16.6 Å². The molecule has 0 saturated heterocycles. The Hall–Kier alpha value is -2.42. The van der Waals surface area contributed by atoms with Gasteiger partial charge < -0.3 is 15.5 Å². The summed E-state index contributed by atoms with van der Waals surface area (Å²) in [6.45, 7) is -1.22. The van der Waals surface area contributed by atoms with Gasteiger partial charge in [0.1, 0.15) is 12.6 Å². The number of carbonyl (C=O) groups excluding carboxylic acids is 1. The van der Waals surface area contributed by atoms with Crippen molar-refractivity contribution in [3.8, 4) is 0 Å². The maximum Gasteiger partial charge on any atom is 0.328 e. The number of amides is 1. The number of hydrogen-bond acceptors (Lipinski definition) is 5. The van der Waals surface area contributed by atoms with Crippen LogP contribution in [-0.2, 0) is 16.1 Å². The van der Waals surface area contributed by atoms with Gasteiger partial charge in [0, 0.05) is 12.3 Å². The average Bonchev–Trinajstić information content (AvgIpc) is 2.29. The molecule has 0 aromatic carbocycles. The molecule has 0 unspecified atom stereocenters. The smallest absolute Gasteiger partial charge is 0.328 e. The van der Waals surface area contributed by atoms with Gasteiger partial charge in [-0.05, 0) is 0 Å². The van der Waals surface area contributed by atoms with E-state index in [1.165, 1.54) is 0 Å². The third-order valence-corrected chi connectivity index (χ3v) is 2.03. The van der Waals surface area contributed by atoms with E-state index in [2.05, 4.69) is 0 Å². The summed E-state index contributed by atoms with van der Waals surface area (Å²) in [6, 6.07) is -0.383. The van der Waals surface area contributed by atoms with E-state index in [1.54, 1.807) is 0 Å². The molecule has 1 rings (SSSR count). The van der Waals surface area contributed by atoms with E-state index in [-0.39, 0.29) is 0 Å². The molecule has 0 spiro atoms. The minimum atomic E-state index is -1.43. The van der Waals surface area contributed by atoms with E-state index >= 15 is 0 Å². The lowest BCUT2D eigenvalue weighted by atomic mass is 10.3. The summed E-state index contributed by atoms with van der Waals surface area (Å²) in [7, 11) is 0. The van der Waals surface area contributed by atoms with Gasteiger partial charge in [0.15, 0.2) is 0 Å². The number of aliphatic carboxylic acids is 1. The summed E-state index contributed by atoms with van der Waals surface area (Å²) in [4.78, 5) is 45.9. The molecule has 1 heterocycles. The van der Waals surface area contributed by atoms with Crippen molar-refractivity contribution < 1.29 is 19.8 Å². The Kier molecular flexibility index (Phi) is 4.38. The van der Waals surface area contributed by atoms with Gasteiger partial charge in [0.2, 0.25) is 5.91 Å². The summed E-state index contributed by atoms with van der Waals surface area (Å²) >= 11 is 0. The molecule has 1 amide bonds. The molecule has 9 heteroatoms. The van der Waals surface area contributed by atoms with Crippen molar-refractivity contribution in [1.82, 2.24) is 14.9 Å². The Morgan fingerprint density at radius 3 is 2.61 bits per heavy atom. The number of nitrogens with zero attached hydrogens (tertiary/aromatic N) is 1. The van der Waals surface area contributed by atoms with E-state index in [4.69, 9.17) is 10.2 Å². The molecule has 9 nitrogen and oxygen atoms in total. The Labute approximate surface area is 99.7 Å². The zero-order valence-corrected chi connectivity index (χ0v) is 9.12. The number of rotatable bonds is 5. The SMILES string of the molecule is O=C(Cn1ccc(=O)[nH]c1=O)N[C@@H](CO)C(=O)O. The van der Waals surface area contributed by atoms with Gasteiger partial charge in [0.05, 0.1) is 6.61 Å². The molecular formula is C9H11N3O6. The average molecular weight is 257 g/mol. The Morgan fingerprint density at radius 1 is 1.44 bits per heavy atom. The van der Waals surface area contributed by atoms with Crippen LogP contribution >= 0.6 is 0 Å². The molecule has 4 N–H and O–H groups in total. The maximum absolute atomic E-state index is 11.4. The number of hydrogen-bond donors (Lipinski definition) is 4. The summed E-state index contributed by atoms with van der Waals surface area (Å²) < 4.78 is 0.896. The minimum absolute atomic E-state index is 0.459. The number of aromatic nitrogens is 2. The van der Waals surface area contributed by atoms with E-state index in [0.29, 0.717) is 0 Å². The van der Waals surface area contributed by atoms with Crippen molar-refractivity contribution in [3.05, 3.63) is 33.1 Å². The second-order valence-electron chi connectivity index (χ2n) is 3.38. The number of H-pyrrole nitrogens is 1. The molecule has 1 atom stereocenters. The van der Waals surface area contributed by atoms with E-state index in [0.717, 1.165) is 16.8 Å². The fourth-order valence-electron chi connectivity index (χ4n) is 1.15. The second-order valence-corrected chi connectivity index (χ2v) is 3.38. The zero-order chi connectivity index (χ0) is 13.7. The lowest BCUT2D eigenvalue weighted by Crippen LogP contribution is -2.45. The third-order valence-electron chi connectivity index (χ3n) is 2.03. The van der Waals surface area contributed by atoms with Crippen molar-refractivity contribution in [2.75, 3.05) is 6.61 Å². The Morgan fingerprint density at radius 2 is 2.11 bits per heavy atom. The Bertz CT molecular complexity index is 560. The molecule has 0 saturated carbocycles. The number of aromatic amines is 1. The van der Waals surface area contributed by atoms with E-state index in [1.807, 2.05) is 10.3 Å². The van der Waals surface area contributed by atoms with Crippen molar-refractivity contribution in [3.63, 3.8) is 0 Å². The molecule has 0 aliphatic rings. The lowest BCUT2D eigenvalue weighted by Gasteiger charge is -2.11. The van der Waals surface area contributed by atoms with Gasteiger partial charge in [-0.3, -0.25) is 19.1 Å². The number of carbonyl (C=O) groups is 2. The first-order valence-electron chi connectivity index (χ1n) is 4.87. The van der Waals surface area contributed by atoms with Gasteiger partial charge >= 0.3 is 11.7 Å². The molecule has 0 bridgehead atoms. The molecule has 0 aliphatic carbocycles. The maximum atomic E-state index is 11.4. The fourth-order valence-corrected chi connectivity index (χ4v) is 1.15. The molecule has 0 fully saturated rings. The minimum Gasteiger partial charge on any atom is -0.480 e. The summed E-state index contributed by atoms with van der Waals surface area (Å²) in [5.41, 5.74) is -1.39. The van der Waals surface area contributed by atoms with Crippen LogP contribution in [0.3, 0.4) is 0 Å². The predicted octanol–water partition coefficient (Wildman–Crippen LogP) is -2.90. The number of aliphatic hydroxyl groups is 1. The normalized spacial score (nSPS) is 11.8. The van der Waals surface area contributed by atoms with Crippen molar-refractivity contribution >= 4 is 11.9 Å². The van der Waals surface area contributed by atoms with Crippen LogP contribution in [0.4, 0.5) is 0 Å². The van der Waals surface area contributed by atoms with Gasteiger partial charge in [0.25, 0.3) is 5.56 Å². The highest BCUT2D eigenvalue weighted by molar-refractivity contribution is 5.83. The summed E-state index contributed by atoms with van der Waals surface area (Å²) in [5, 5.41) is 19.3. The van der Waals surface area contributed by atoms with Crippen LogP contribution in [0.1, 0.15) is 0 Å². The quantitative estimate of drug-likeness (QED) is 0.445. The predicted molar refractivity (Wildman–Crippen MR) is 58.0 cm³/mol. The molecule has 98 valence electrons.